The fraction of sp³-hybridized carbons (Fsp3) is 0.417. The number of aliphatic imine (C=N–C) groups is 1. The predicted octanol–water partition coefficient (Wildman–Crippen LogP) is 2.14. The van der Waals surface area contributed by atoms with E-state index in [1.54, 1.807) is 45.9 Å². The minimum absolute atomic E-state index is 0.249. The number of benzene rings is 1. The number of nitrogens with zero attached hydrogens (tertiary/aromatic N) is 4. The minimum Gasteiger partial charge on any atom is -0.466 e. The predicted molar refractivity (Wildman–Crippen MR) is 118 cm³/mol. The Hall–Kier alpha value is -3.98. The van der Waals surface area contributed by atoms with Gasteiger partial charge in [0.2, 0.25) is 11.3 Å². The van der Waals surface area contributed by atoms with Gasteiger partial charge in [-0.3, -0.25) is 9.79 Å². The number of aryl methyl sites for hydroxylation is 1. The van der Waals surface area contributed by atoms with Crippen LogP contribution in [0.15, 0.2) is 34.3 Å². The number of hydrogen-bond donors (Lipinski definition) is 0. The van der Waals surface area contributed by atoms with Crippen LogP contribution in [0.4, 0.5) is 5.69 Å². The summed E-state index contributed by atoms with van der Waals surface area (Å²) in [6.07, 6.45) is 0. The van der Waals surface area contributed by atoms with Crippen LogP contribution in [0.3, 0.4) is 0 Å². The van der Waals surface area contributed by atoms with Crippen LogP contribution in [0, 0.1) is 35.0 Å². The minimum atomic E-state index is -2.34. The third-order valence-corrected chi connectivity index (χ3v) is 5.88. The number of fused-ring (bicyclic) bond motifs is 2. The number of hydrogen-bond acceptors (Lipinski definition) is 8. The molecule has 0 aromatic heterocycles. The average Bonchev–Trinajstić information content (AvgIpc) is 3.14. The molecule has 1 aliphatic heterocycles. The topological polar surface area (TPSA) is 133 Å². The Bertz CT molecular complexity index is 1220. The zero-order chi connectivity index (χ0) is 24.9. The lowest BCUT2D eigenvalue weighted by molar-refractivity contribution is -0.140. The Balaban J connectivity index is 2.71. The van der Waals surface area contributed by atoms with Crippen LogP contribution in [-0.2, 0) is 29.3 Å². The lowest BCUT2D eigenvalue weighted by Gasteiger charge is -2.34. The van der Waals surface area contributed by atoms with E-state index >= 15 is 0 Å². The Morgan fingerprint density at radius 1 is 1.09 bits per heavy atom. The van der Waals surface area contributed by atoms with E-state index in [-0.39, 0.29) is 11.3 Å². The molecular weight excluding hydrogens is 424 g/mol. The number of ether oxygens (including phenoxy) is 2. The third-order valence-electron chi connectivity index (χ3n) is 5.88. The summed E-state index contributed by atoms with van der Waals surface area (Å²) in [5, 5.41) is 21.0. The van der Waals surface area contributed by atoms with Gasteiger partial charge in [-0.05, 0) is 39.3 Å². The van der Waals surface area contributed by atoms with Gasteiger partial charge >= 0.3 is 11.9 Å². The lowest BCUT2D eigenvalue weighted by atomic mass is 9.60. The summed E-state index contributed by atoms with van der Waals surface area (Å²) in [5.41, 5.74) is -5.12. The van der Waals surface area contributed by atoms with Crippen LogP contribution < -0.4 is 4.90 Å². The molecule has 170 valence electrons. The second-order valence-corrected chi connectivity index (χ2v) is 8.97. The number of carbonyl (C=O) groups is 3. The van der Waals surface area contributed by atoms with E-state index in [9.17, 15) is 24.9 Å². The molecule has 1 aromatic rings. The van der Waals surface area contributed by atoms with Crippen molar-refractivity contribution in [1.29, 1.82) is 10.5 Å². The molecule has 0 saturated carbocycles. The average molecular weight is 448 g/mol. The maximum absolute atomic E-state index is 14.0. The van der Waals surface area contributed by atoms with E-state index in [2.05, 4.69) is 4.99 Å². The summed E-state index contributed by atoms with van der Waals surface area (Å²) >= 11 is 0. The molecule has 1 heterocycles. The van der Waals surface area contributed by atoms with Gasteiger partial charge in [0, 0.05) is 12.7 Å². The standard InChI is InChI=1S/C24H24N4O5/c1-13-8-9-15-14(10-13)24(21(31)28(15)5)17(20(30)33-7)16(19(29)32-6)18(27-22(2,3)4)23(24,11-25)12-26/h8-10H,1-7H3. The summed E-state index contributed by atoms with van der Waals surface area (Å²) in [5.74, 6) is -2.74. The summed E-state index contributed by atoms with van der Waals surface area (Å²) in [4.78, 5) is 46.1. The number of esters is 2. The molecule has 9 heteroatoms. The van der Waals surface area contributed by atoms with Gasteiger partial charge in [-0.1, -0.05) is 17.7 Å². The molecule has 33 heavy (non-hydrogen) atoms. The lowest BCUT2D eigenvalue weighted by Crippen LogP contribution is -2.53. The summed E-state index contributed by atoms with van der Waals surface area (Å²) in [7, 11) is 3.68. The van der Waals surface area contributed by atoms with Crippen molar-refractivity contribution < 1.29 is 23.9 Å². The van der Waals surface area contributed by atoms with Crippen LogP contribution in [-0.4, -0.2) is 50.4 Å². The number of amides is 1. The first-order valence-corrected chi connectivity index (χ1v) is 10.1. The quantitative estimate of drug-likeness (QED) is 0.633. The maximum Gasteiger partial charge on any atom is 0.340 e. The van der Waals surface area contributed by atoms with Gasteiger partial charge in [-0.2, -0.15) is 10.5 Å². The van der Waals surface area contributed by atoms with Gasteiger partial charge in [0.1, 0.15) is 5.41 Å². The van der Waals surface area contributed by atoms with Crippen molar-refractivity contribution in [2.24, 2.45) is 10.4 Å². The fourth-order valence-corrected chi connectivity index (χ4v) is 4.61. The highest BCUT2D eigenvalue weighted by Crippen LogP contribution is 2.62. The summed E-state index contributed by atoms with van der Waals surface area (Å²) in [6.45, 7) is 6.90. The molecule has 1 aliphatic carbocycles. The van der Waals surface area contributed by atoms with Crippen molar-refractivity contribution in [3.8, 4) is 12.1 Å². The molecule has 9 nitrogen and oxygen atoms in total. The molecule has 1 unspecified atom stereocenters. The molecule has 0 bridgehead atoms. The molecule has 1 spiro atoms. The van der Waals surface area contributed by atoms with Gasteiger partial charge < -0.3 is 14.4 Å². The molecule has 0 fully saturated rings. The molecule has 0 radical (unpaired) electrons. The smallest absolute Gasteiger partial charge is 0.340 e. The van der Waals surface area contributed by atoms with E-state index in [0.29, 0.717) is 5.69 Å². The maximum atomic E-state index is 14.0. The normalized spacial score (nSPS) is 22.3. The van der Waals surface area contributed by atoms with E-state index in [0.717, 1.165) is 19.8 Å². The molecule has 1 amide bonds. The highest BCUT2D eigenvalue weighted by molar-refractivity contribution is 6.36. The van der Waals surface area contributed by atoms with Gasteiger partial charge in [0.05, 0.1) is 48.8 Å². The first-order valence-electron chi connectivity index (χ1n) is 10.1. The monoisotopic (exact) mass is 448 g/mol. The van der Waals surface area contributed by atoms with Crippen molar-refractivity contribution >= 4 is 29.2 Å². The van der Waals surface area contributed by atoms with Gasteiger partial charge in [0.25, 0.3) is 0 Å². The Morgan fingerprint density at radius 3 is 2.15 bits per heavy atom. The zero-order valence-electron chi connectivity index (χ0n) is 19.6. The van der Waals surface area contributed by atoms with Gasteiger partial charge in [0.15, 0.2) is 0 Å². The highest BCUT2D eigenvalue weighted by atomic mass is 16.5. The van der Waals surface area contributed by atoms with E-state index in [1.165, 1.54) is 11.9 Å². The van der Waals surface area contributed by atoms with Crippen LogP contribution in [0.5, 0.6) is 0 Å². The van der Waals surface area contributed by atoms with E-state index in [4.69, 9.17) is 9.47 Å². The van der Waals surface area contributed by atoms with Crippen molar-refractivity contribution in [2.75, 3.05) is 26.2 Å². The number of carbonyl (C=O) groups excluding carboxylic acids is 3. The molecule has 1 aromatic carbocycles. The Labute approximate surface area is 191 Å². The van der Waals surface area contributed by atoms with Crippen LogP contribution in [0.1, 0.15) is 31.9 Å². The zero-order valence-corrected chi connectivity index (χ0v) is 19.6. The third kappa shape index (κ3) is 2.89. The van der Waals surface area contributed by atoms with Gasteiger partial charge in [-0.25, -0.2) is 9.59 Å². The van der Waals surface area contributed by atoms with Crippen molar-refractivity contribution in [2.45, 2.75) is 38.6 Å². The summed E-state index contributed by atoms with van der Waals surface area (Å²) in [6, 6.07) is 9.00. The molecule has 1 atom stereocenters. The van der Waals surface area contributed by atoms with Crippen molar-refractivity contribution in [3.05, 3.63) is 40.5 Å². The molecule has 2 aliphatic rings. The first kappa shape index (κ1) is 23.7. The van der Waals surface area contributed by atoms with E-state index < -0.39 is 45.4 Å². The number of anilines is 1. The first-order chi connectivity index (χ1) is 15.4. The van der Waals surface area contributed by atoms with Crippen LogP contribution in [0.2, 0.25) is 0 Å². The molecule has 0 saturated heterocycles. The SMILES string of the molecule is COC(=O)C1=C(C(=O)OC)C2(C(=O)N(C)c3ccc(C)cc32)C(C#N)(C#N)C1=NC(C)(C)C. The second kappa shape index (κ2) is 7.56. The Kier molecular flexibility index (Phi) is 5.42. The molecule has 3 rings (SSSR count). The van der Waals surface area contributed by atoms with E-state index in [1.807, 2.05) is 12.1 Å². The largest absolute Gasteiger partial charge is 0.466 e. The number of methoxy groups -OCH3 is 2. The molecular formula is C24H24N4O5. The number of rotatable bonds is 2. The number of likely N-dealkylation sites (N-methyl/N-ethyl adjacent to an activating group) is 1. The van der Waals surface area contributed by atoms with Crippen LogP contribution >= 0.6 is 0 Å². The second-order valence-electron chi connectivity index (χ2n) is 8.97. The van der Waals surface area contributed by atoms with Gasteiger partial charge in [-0.15, -0.1) is 0 Å². The van der Waals surface area contributed by atoms with Crippen LogP contribution in [0.25, 0.3) is 0 Å². The van der Waals surface area contributed by atoms with Crippen molar-refractivity contribution in [1.82, 2.24) is 0 Å². The van der Waals surface area contributed by atoms with Crippen molar-refractivity contribution in [3.63, 3.8) is 0 Å². The highest BCUT2D eigenvalue weighted by Gasteiger charge is 2.75. The Morgan fingerprint density at radius 2 is 1.67 bits per heavy atom. The number of nitriles is 2. The fourth-order valence-electron chi connectivity index (χ4n) is 4.61. The summed E-state index contributed by atoms with van der Waals surface area (Å²) < 4.78 is 9.92. The molecule has 0 N–H and O–H groups in total.